The van der Waals surface area contributed by atoms with E-state index in [1.165, 1.54) is 0 Å². The maximum absolute atomic E-state index is 5.75. The molecule has 2 atom stereocenters. The van der Waals surface area contributed by atoms with E-state index in [-0.39, 0.29) is 6.04 Å². The van der Waals surface area contributed by atoms with Crippen molar-refractivity contribution in [2.24, 2.45) is 11.7 Å². The quantitative estimate of drug-likeness (QED) is 0.565. The molecule has 2 unspecified atom stereocenters. The summed E-state index contributed by atoms with van der Waals surface area (Å²) < 4.78 is 5.20. The lowest BCUT2D eigenvalue weighted by molar-refractivity contribution is 0.184. The zero-order chi connectivity index (χ0) is 7.40. The van der Waals surface area contributed by atoms with Crippen LogP contribution in [0.4, 0.5) is 0 Å². The minimum absolute atomic E-state index is 0.249. The molecular formula is C7H16N2O. The molecule has 0 aromatic carbocycles. The number of rotatable bonds is 3. The molecule has 60 valence electrons. The zero-order valence-corrected chi connectivity index (χ0v) is 6.47. The third-order valence-corrected chi connectivity index (χ3v) is 1.90. The number of hydrogen-bond donors (Lipinski definition) is 2. The van der Waals surface area contributed by atoms with Gasteiger partial charge in [-0.3, -0.25) is 0 Å². The van der Waals surface area contributed by atoms with Crippen LogP contribution in [0.2, 0.25) is 0 Å². The lowest BCUT2D eigenvalue weighted by Crippen LogP contribution is -2.35. The van der Waals surface area contributed by atoms with Gasteiger partial charge in [-0.05, 0) is 6.54 Å². The predicted octanol–water partition coefficient (Wildman–Crippen LogP) is -0.430. The molecular weight excluding hydrogens is 128 g/mol. The lowest BCUT2D eigenvalue weighted by atomic mass is 10.1. The molecule has 3 heteroatoms. The third kappa shape index (κ3) is 1.94. The second-order valence-electron chi connectivity index (χ2n) is 2.77. The van der Waals surface area contributed by atoms with Gasteiger partial charge in [-0.1, -0.05) is 6.92 Å². The fraction of sp³-hybridized carbons (Fsp3) is 1.00. The number of nitrogens with two attached hydrogens (primary N) is 1. The SMILES string of the molecule is CCNCC1COCC1N. The van der Waals surface area contributed by atoms with Gasteiger partial charge in [0.25, 0.3) is 0 Å². The Kier molecular flexibility index (Phi) is 3.12. The Morgan fingerprint density at radius 1 is 1.60 bits per heavy atom. The average molecular weight is 144 g/mol. The lowest BCUT2D eigenvalue weighted by Gasteiger charge is -2.12. The molecule has 0 amide bonds. The van der Waals surface area contributed by atoms with Crippen LogP contribution in [-0.4, -0.2) is 32.3 Å². The van der Waals surface area contributed by atoms with Crippen molar-refractivity contribution in [2.75, 3.05) is 26.3 Å². The van der Waals surface area contributed by atoms with Crippen LogP contribution in [0.15, 0.2) is 0 Å². The second kappa shape index (κ2) is 3.91. The minimum atomic E-state index is 0.249. The summed E-state index contributed by atoms with van der Waals surface area (Å²) >= 11 is 0. The third-order valence-electron chi connectivity index (χ3n) is 1.90. The van der Waals surface area contributed by atoms with Crippen molar-refractivity contribution in [1.29, 1.82) is 0 Å². The molecule has 10 heavy (non-hydrogen) atoms. The van der Waals surface area contributed by atoms with Gasteiger partial charge in [-0.25, -0.2) is 0 Å². The molecule has 0 saturated carbocycles. The minimum Gasteiger partial charge on any atom is -0.379 e. The molecule has 1 aliphatic heterocycles. The molecule has 0 aromatic rings. The van der Waals surface area contributed by atoms with Crippen LogP contribution in [-0.2, 0) is 4.74 Å². The van der Waals surface area contributed by atoms with E-state index in [0.717, 1.165) is 26.3 Å². The molecule has 0 aromatic heterocycles. The van der Waals surface area contributed by atoms with Crippen molar-refractivity contribution >= 4 is 0 Å². The zero-order valence-electron chi connectivity index (χ0n) is 6.47. The predicted molar refractivity (Wildman–Crippen MR) is 40.8 cm³/mol. The van der Waals surface area contributed by atoms with Gasteiger partial charge in [0.15, 0.2) is 0 Å². The van der Waals surface area contributed by atoms with E-state index in [4.69, 9.17) is 10.5 Å². The van der Waals surface area contributed by atoms with Gasteiger partial charge in [0, 0.05) is 18.5 Å². The van der Waals surface area contributed by atoms with Crippen molar-refractivity contribution in [3.63, 3.8) is 0 Å². The van der Waals surface area contributed by atoms with Gasteiger partial charge in [-0.15, -0.1) is 0 Å². The molecule has 0 spiro atoms. The molecule has 1 saturated heterocycles. The van der Waals surface area contributed by atoms with Crippen molar-refractivity contribution in [2.45, 2.75) is 13.0 Å². The molecule has 1 rings (SSSR count). The van der Waals surface area contributed by atoms with Crippen LogP contribution in [0, 0.1) is 5.92 Å². The van der Waals surface area contributed by atoms with Gasteiger partial charge >= 0.3 is 0 Å². The highest BCUT2D eigenvalue weighted by Gasteiger charge is 2.23. The van der Waals surface area contributed by atoms with Crippen LogP contribution >= 0.6 is 0 Å². The van der Waals surface area contributed by atoms with E-state index < -0.39 is 0 Å². The van der Waals surface area contributed by atoms with Crippen LogP contribution < -0.4 is 11.1 Å². The first-order valence-electron chi connectivity index (χ1n) is 3.88. The number of nitrogens with one attached hydrogen (secondary N) is 1. The number of hydrogen-bond acceptors (Lipinski definition) is 3. The van der Waals surface area contributed by atoms with Gasteiger partial charge in [0.1, 0.15) is 0 Å². The summed E-state index contributed by atoms with van der Waals surface area (Å²) in [6.45, 7) is 5.67. The normalized spacial score (nSPS) is 33.0. The van der Waals surface area contributed by atoms with Crippen molar-refractivity contribution < 1.29 is 4.74 Å². The van der Waals surface area contributed by atoms with Crippen LogP contribution in [0.5, 0.6) is 0 Å². The molecule has 0 bridgehead atoms. The fourth-order valence-corrected chi connectivity index (χ4v) is 1.16. The van der Waals surface area contributed by atoms with E-state index in [9.17, 15) is 0 Å². The summed E-state index contributed by atoms with van der Waals surface area (Å²) in [6, 6.07) is 0.249. The fourth-order valence-electron chi connectivity index (χ4n) is 1.16. The van der Waals surface area contributed by atoms with E-state index in [2.05, 4.69) is 12.2 Å². The van der Waals surface area contributed by atoms with E-state index in [1.54, 1.807) is 0 Å². The number of ether oxygens (including phenoxy) is 1. The van der Waals surface area contributed by atoms with Gasteiger partial charge in [-0.2, -0.15) is 0 Å². The van der Waals surface area contributed by atoms with Crippen molar-refractivity contribution in [1.82, 2.24) is 5.32 Å². The Bertz CT molecular complexity index is 97.6. The average Bonchev–Trinajstić information content (AvgIpc) is 2.31. The van der Waals surface area contributed by atoms with Crippen molar-refractivity contribution in [3.8, 4) is 0 Å². The summed E-state index contributed by atoms with van der Waals surface area (Å²) in [6.07, 6.45) is 0. The molecule has 1 fully saturated rings. The highest BCUT2D eigenvalue weighted by Crippen LogP contribution is 2.09. The van der Waals surface area contributed by atoms with Crippen LogP contribution in [0.1, 0.15) is 6.92 Å². The highest BCUT2D eigenvalue weighted by atomic mass is 16.5. The monoisotopic (exact) mass is 144 g/mol. The molecule has 3 N–H and O–H groups in total. The summed E-state index contributed by atoms with van der Waals surface area (Å²) in [5.74, 6) is 0.528. The molecule has 1 heterocycles. The van der Waals surface area contributed by atoms with E-state index in [0.29, 0.717) is 5.92 Å². The Balaban J connectivity index is 2.14. The van der Waals surface area contributed by atoms with Crippen LogP contribution in [0.3, 0.4) is 0 Å². The summed E-state index contributed by atoms with van der Waals surface area (Å²) in [7, 11) is 0. The summed E-state index contributed by atoms with van der Waals surface area (Å²) in [4.78, 5) is 0. The van der Waals surface area contributed by atoms with Crippen LogP contribution in [0.25, 0.3) is 0 Å². The smallest absolute Gasteiger partial charge is 0.0621 e. The first-order chi connectivity index (χ1) is 4.84. The molecule has 0 aliphatic carbocycles. The Morgan fingerprint density at radius 3 is 2.90 bits per heavy atom. The Labute approximate surface area is 61.9 Å². The maximum Gasteiger partial charge on any atom is 0.0621 e. The molecule has 3 nitrogen and oxygen atoms in total. The molecule has 0 radical (unpaired) electrons. The topological polar surface area (TPSA) is 47.3 Å². The first kappa shape index (κ1) is 7.98. The largest absolute Gasteiger partial charge is 0.379 e. The standard InChI is InChI=1S/C7H16N2O/c1-2-9-3-6-4-10-5-7(6)8/h6-7,9H,2-5,8H2,1H3. The van der Waals surface area contributed by atoms with Gasteiger partial charge in [0.2, 0.25) is 0 Å². The Morgan fingerprint density at radius 2 is 2.40 bits per heavy atom. The highest BCUT2D eigenvalue weighted by molar-refractivity contribution is 4.79. The van der Waals surface area contributed by atoms with E-state index in [1.807, 2.05) is 0 Å². The van der Waals surface area contributed by atoms with E-state index >= 15 is 0 Å². The summed E-state index contributed by atoms with van der Waals surface area (Å²) in [5.41, 5.74) is 5.75. The first-order valence-corrected chi connectivity index (χ1v) is 3.88. The maximum atomic E-state index is 5.75. The Hall–Kier alpha value is -0.120. The summed E-state index contributed by atoms with van der Waals surface area (Å²) in [5, 5.41) is 3.26. The molecule has 1 aliphatic rings. The van der Waals surface area contributed by atoms with Gasteiger partial charge in [0.05, 0.1) is 13.2 Å². The van der Waals surface area contributed by atoms with Gasteiger partial charge < -0.3 is 15.8 Å². The van der Waals surface area contributed by atoms with Crippen molar-refractivity contribution in [3.05, 3.63) is 0 Å². The second-order valence-corrected chi connectivity index (χ2v) is 2.77.